The van der Waals surface area contributed by atoms with Crippen molar-refractivity contribution in [3.63, 3.8) is 0 Å². The highest BCUT2D eigenvalue weighted by Gasteiger charge is 2.31. The van der Waals surface area contributed by atoms with E-state index in [0.29, 0.717) is 10.9 Å². The Labute approximate surface area is 102 Å². The van der Waals surface area contributed by atoms with Crippen molar-refractivity contribution in [1.82, 2.24) is 9.78 Å². The maximum atomic E-state index is 12.0. The van der Waals surface area contributed by atoms with Gasteiger partial charge in [0.1, 0.15) is 9.45 Å². The van der Waals surface area contributed by atoms with E-state index in [-0.39, 0.29) is 5.75 Å². The predicted molar refractivity (Wildman–Crippen MR) is 60.1 cm³/mol. The number of hydrogen-bond donors (Lipinski definition) is 0. The lowest BCUT2D eigenvalue weighted by Crippen LogP contribution is -2.16. The van der Waals surface area contributed by atoms with Crippen LogP contribution in [-0.4, -0.2) is 16.1 Å². The van der Waals surface area contributed by atoms with Crippen LogP contribution in [0.2, 0.25) is 0 Å². The van der Waals surface area contributed by atoms with Gasteiger partial charge in [-0.2, -0.15) is 5.10 Å². The van der Waals surface area contributed by atoms with Gasteiger partial charge in [0.2, 0.25) is 0 Å². The molecule has 2 aromatic rings. The van der Waals surface area contributed by atoms with E-state index in [1.807, 2.05) is 22.6 Å². The molecule has 0 aliphatic carbocycles. The Bertz CT molecular complexity index is 535. The second-order valence-corrected chi connectivity index (χ2v) is 4.16. The van der Waals surface area contributed by atoms with E-state index >= 15 is 0 Å². The van der Waals surface area contributed by atoms with Crippen LogP contribution in [0.5, 0.6) is 5.75 Å². The topological polar surface area (TPSA) is 27.1 Å². The number of hydrogen-bond acceptors (Lipinski definition) is 2. The zero-order chi connectivity index (χ0) is 11.9. The lowest BCUT2D eigenvalue weighted by Gasteiger charge is -2.08. The smallest absolute Gasteiger partial charge is 0.406 e. The van der Waals surface area contributed by atoms with Crippen LogP contribution < -0.4 is 4.74 Å². The van der Waals surface area contributed by atoms with Gasteiger partial charge in [-0.05, 0) is 40.8 Å². The molecule has 2 rings (SSSR count). The number of rotatable bonds is 1. The fraction of sp³-hybridized carbons (Fsp3) is 0.222. The van der Waals surface area contributed by atoms with Crippen LogP contribution in [0.25, 0.3) is 10.9 Å². The summed E-state index contributed by atoms with van der Waals surface area (Å²) in [5, 5.41) is 4.77. The molecule has 0 saturated carbocycles. The summed E-state index contributed by atoms with van der Waals surface area (Å²) in [7, 11) is 1.73. The first-order valence-corrected chi connectivity index (χ1v) is 5.33. The predicted octanol–water partition coefficient (Wildman–Crippen LogP) is 3.08. The summed E-state index contributed by atoms with van der Waals surface area (Å²) >= 11 is 2.02. The SMILES string of the molecule is Cn1nc2ccc(OC(F)(F)F)cc2c1I. The van der Waals surface area contributed by atoms with E-state index in [4.69, 9.17) is 0 Å². The minimum absolute atomic E-state index is 0.231. The fourth-order valence-electron chi connectivity index (χ4n) is 1.34. The molecule has 0 bridgehead atoms. The van der Waals surface area contributed by atoms with Gasteiger partial charge in [-0.15, -0.1) is 13.2 Å². The molecule has 0 atom stereocenters. The van der Waals surface area contributed by atoms with E-state index in [0.717, 1.165) is 3.70 Å². The van der Waals surface area contributed by atoms with Crippen molar-refractivity contribution in [2.45, 2.75) is 6.36 Å². The molecular formula is C9H6F3IN2O. The third kappa shape index (κ3) is 2.23. The number of alkyl halides is 3. The van der Waals surface area contributed by atoms with Crippen LogP contribution in [0.15, 0.2) is 18.2 Å². The molecule has 0 amide bonds. The number of nitrogens with zero attached hydrogens (tertiary/aromatic N) is 2. The maximum Gasteiger partial charge on any atom is 0.573 e. The molecule has 1 aromatic carbocycles. The molecule has 0 spiro atoms. The number of halogens is 4. The lowest BCUT2D eigenvalue weighted by molar-refractivity contribution is -0.274. The zero-order valence-corrected chi connectivity index (χ0v) is 10.2. The highest BCUT2D eigenvalue weighted by Crippen LogP contribution is 2.28. The molecule has 0 fully saturated rings. The van der Waals surface area contributed by atoms with Gasteiger partial charge in [0.05, 0.1) is 5.52 Å². The summed E-state index contributed by atoms with van der Waals surface area (Å²) in [6, 6.07) is 4.08. The van der Waals surface area contributed by atoms with E-state index in [9.17, 15) is 13.2 Å². The summed E-state index contributed by atoms with van der Waals surface area (Å²) < 4.78 is 42.2. The van der Waals surface area contributed by atoms with E-state index in [1.165, 1.54) is 18.2 Å². The summed E-state index contributed by atoms with van der Waals surface area (Å²) in [4.78, 5) is 0. The molecule has 1 heterocycles. The average Bonchev–Trinajstić information content (AvgIpc) is 2.42. The van der Waals surface area contributed by atoms with E-state index in [2.05, 4.69) is 9.84 Å². The van der Waals surface area contributed by atoms with Crippen LogP contribution in [0.4, 0.5) is 13.2 Å². The van der Waals surface area contributed by atoms with Gasteiger partial charge in [0.25, 0.3) is 0 Å². The molecule has 0 radical (unpaired) electrons. The van der Waals surface area contributed by atoms with Crippen molar-refractivity contribution in [2.24, 2.45) is 7.05 Å². The third-order valence-electron chi connectivity index (χ3n) is 1.97. The molecule has 0 N–H and O–H groups in total. The quantitative estimate of drug-likeness (QED) is 0.745. The Kier molecular flexibility index (Phi) is 2.72. The highest BCUT2D eigenvalue weighted by atomic mass is 127. The monoisotopic (exact) mass is 342 g/mol. The molecule has 0 unspecified atom stereocenters. The molecule has 3 nitrogen and oxygen atoms in total. The van der Waals surface area contributed by atoms with Crippen LogP contribution >= 0.6 is 22.6 Å². The Morgan fingerprint density at radius 2 is 2.06 bits per heavy atom. The number of ether oxygens (including phenoxy) is 1. The zero-order valence-electron chi connectivity index (χ0n) is 8.05. The van der Waals surface area contributed by atoms with Crippen molar-refractivity contribution in [2.75, 3.05) is 0 Å². The molecule has 1 aromatic heterocycles. The van der Waals surface area contributed by atoms with Crippen LogP contribution in [0.1, 0.15) is 0 Å². The fourth-order valence-corrected chi connectivity index (χ4v) is 1.88. The summed E-state index contributed by atoms with van der Waals surface area (Å²) in [6.07, 6.45) is -4.67. The first kappa shape index (κ1) is 11.5. The largest absolute Gasteiger partial charge is 0.573 e. The van der Waals surface area contributed by atoms with Crippen molar-refractivity contribution in [3.8, 4) is 5.75 Å². The molecule has 86 valence electrons. The van der Waals surface area contributed by atoms with Gasteiger partial charge in [-0.3, -0.25) is 4.68 Å². The Hall–Kier alpha value is -0.990. The van der Waals surface area contributed by atoms with Gasteiger partial charge >= 0.3 is 6.36 Å². The van der Waals surface area contributed by atoms with Crippen molar-refractivity contribution in [1.29, 1.82) is 0 Å². The third-order valence-corrected chi connectivity index (χ3v) is 3.24. The normalized spacial score (nSPS) is 12.1. The van der Waals surface area contributed by atoms with Gasteiger partial charge < -0.3 is 4.74 Å². The van der Waals surface area contributed by atoms with Crippen molar-refractivity contribution < 1.29 is 17.9 Å². The Morgan fingerprint density at radius 3 is 2.69 bits per heavy atom. The van der Waals surface area contributed by atoms with Crippen LogP contribution in [0, 0.1) is 3.70 Å². The van der Waals surface area contributed by atoms with Crippen molar-refractivity contribution in [3.05, 3.63) is 21.9 Å². The second-order valence-electron chi connectivity index (χ2n) is 3.14. The maximum absolute atomic E-state index is 12.0. The second kappa shape index (κ2) is 3.79. The molecule has 16 heavy (non-hydrogen) atoms. The number of benzene rings is 1. The number of aryl methyl sites for hydroxylation is 1. The first-order chi connectivity index (χ1) is 7.37. The standard InChI is InChI=1S/C9H6F3IN2O/c1-15-8(13)6-4-5(16-9(10,11)12)2-3-7(6)14-15/h2-4H,1H3. The van der Waals surface area contributed by atoms with Crippen LogP contribution in [0.3, 0.4) is 0 Å². The van der Waals surface area contributed by atoms with Crippen molar-refractivity contribution >= 4 is 33.5 Å². The number of fused-ring (bicyclic) bond motifs is 1. The highest BCUT2D eigenvalue weighted by molar-refractivity contribution is 14.1. The minimum Gasteiger partial charge on any atom is -0.406 e. The Morgan fingerprint density at radius 1 is 1.38 bits per heavy atom. The van der Waals surface area contributed by atoms with E-state index in [1.54, 1.807) is 11.7 Å². The summed E-state index contributed by atoms with van der Waals surface area (Å²) in [5.41, 5.74) is 0.640. The Balaban J connectivity index is 2.47. The van der Waals surface area contributed by atoms with E-state index < -0.39 is 6.36 Å². The molecule has 0 aliphatic heterocycles. The van der Waals surface area contributed by atoms with Crippen LogP contribution in [-0.2, 0) is 7.05 Å². The molecule has 0 saturated heterocycles. The average molecular weight is 342 g/mol. The number of aromatic nitrogens is 2. The van der Waals surface area contributed by atoms with Gasteiger partial charge in [-0.25, -0.2) is 0 Å². The van der Waals surface area contributed by atoms with Gasteiger partial charge in [0.15, 0.2) is 0 Å². The molecule has 7 heteroatoms. The summed E-state index contributed by atoms with van der Waals surface area (Å²) in [5.74, 6) is -0.231. The minimum atomic E-state index is -4.67. The lowest BCUT2D eigenvalue weighted by atomic mass is 10.2. The molecular weight excluding hydrogens is 336 g/mol. The summed E-state index contributed by atoms with van der Waals surface area (Å²) in [6.45, 7) is 0. The van der Waals surface area contributed by atoms with Gasteiger partial charge in [0, 0.05) is 12.4 Å². The molecule has 0 aliphatic rings. The van der Waals surface area contributed by atoms with Gasteiger partial charge in [-0.1, -0.05) is 0 Å². The first-order valence-electron chi connectivity index (χ1n) is 4.25.